The lowest BCUT2D eigenvalue weighted by Gasteiger charge is -2.36. The van der Waals surface area contributed by atoms with Crippen molar-refractivity contribution in [2.24, 2.45) is 0 Å². The molecule has 13 heteroatoms. The van der Waals surface area contributed by atoms with Crippen LogP contribution in [0.1, 0.15) is 5.69 Å². The van der Waals surface area contributed by atoms with E-state index in [9.17, 15) is 9.18 Å². The Morgan fingerprint density at radius 1 is 1.17 bits per heavy atom. The number of rotatable bonds is 5. The van der Waals surface area contributed by atoms with Crippen LogP contribution in [0.25, 0.3) is 27.6 Å². The molecular formula is C22H22FN9O2S. The molecule has 5 aromatic rings. The van der Waals surface area contributed by atoms with E-state index in [0.29, 0.717) is 59.4 Å². The highest BCUT2D eigenvalue weighted by Crippen LogP contribution is 2.26. The first-order chi connectivity index (χ1) is 17.0. The van der Waals surface area contributed by atoms with Crippen molar-refractivity contribution < 1.29 is 8.81 Å². The number of fused-ring (bicyclic) bond motifs is 3. The standard InChI is InChI=1S/C22H22FN9O2S/c1-13-11-15(14(23)12-25-13)30-7-4-29(5-8-30)6-9-31-19-17(35-22(31)33)20-26-18(16-3-2-10-34-16)28-32(20)21(24)27-19/h2-3,10-12H,4-9H2,1H3,(H2,24,27). The molecule has 35 heavy (non-hydrogen) atoms. The van der Waals surface area contributed by atoms with Crippen molar-refractivity contribution in [1.29, 1.82) is 0 Å². The molecule has 5 aromatic heterocycles. The van der Waals surface area contributed by atoms with Gasteiger partial charge in [0.25, 0.3) is 0 Å². The molecule has 0 spiro atoms. The van der Waals surface area contributed by atoms with Crippen LogP contribution in [0.15, 0.2) is 39.9 Å². The maximum absolute atomic E-state index is 14.2. The van der Waals surface area contributed by atoms with E-state index in [2.05, 4.69) is 25.0 Å². The van der Waals surface area contributed by atoms with Gasteiger partial charge in [-0.2, -0.15) is 9.50 Å². The minimum Gasteiger partial charge on any atom is -0.461 e. The molecule has 11 nitrogen and oxygen atoms in total. The van der Waals surface area contributed by atoms with E-state index >= 15 is 0 Å². The summed E-state index contributed by atoms with van der Waals surface area (Å²) >= 11 is 1.08. The smallest absolute Gasteiger partial charge is 0.309 e. The van der Waals surface area contributed by atoms with Crippen LogP contribution in [0.3, 0.4) is 0 Å². The molecule has 180 valence electrons. The van der Waals surface area contributed by atoms with Crippen LogP contribution in [0.2, 0.25) is 0 Å². The molecule has 6 heterocycles. The van der Waals surface area contributed by atoms with Gasteiger partial charge in [0.05, 0.1) is 18.1 Å². The van der Waals surface area contributed by atoms with E-state index in [4.69, 9.17) is 10.2 Å². The van der Waals surface area contributed by atoms with Crippen molar-refractivity contribution in [3.8, 4) is 11.6 Å². The average Bonchev–Trinajstić information content (AvgIpc) is 3.59. The molecule has 1 saturated heterocycles. The van der Waals surface area contributed by atoms with Crippen molar-refractivity contribution >= 4 is 39.0 Å². The molecule has 1 fully saturated rings. The van der Waals surface area contributed by atoms with Crippen molar-refractivity contribution in [1.82, 2.24) is 34.0 Å². The number of pyridine rings is 1. The summed E-state index contributed by atoms with van der Waals surface area (Å²) < 4.78 is 23.3. The van der Waals surface area contributed by atoms with Gasteiger partial charge in [0.1, 0.15) is 4.70 Å². The number of nitrogens with zero attached hydrogens (tertiary/aromatic N) is 8. The second kappa shape index (κ2) is 8.43. The molecule has 0 aliphatic carbocycles. The Morgan fingerprint density at radius 3 is 2.77 bits per heavy atom. The summed E-state index contributed by atoms with van der Waals surface area (Å²) in [5.74, 6) is 0.725. The van der Waals surface area contributed by atoms with Crippen LogP contribution < -0.4 is 15.5 Å². The van der Waals surface area contributed by atoms with E-state index in [1.165, 1.54) is 10.7 Å². The molecule has 0 bridgehead atoms. The number of thiazole rings is 1. The number of aromatic nitrogens is 6. The fourth-order valence-corrected chi connectivity index (χ4v) is 5.29. The number of halogens is 1. The first kappa shape index (κ1) is 21.7. The third-order valence-corrected chi connectivity index (χ3v) is 7.15. The van der Waals surface area contributed by atoms with Crippen LogP contribution >= 0.6 is 11.3 Å². The van der Waals surface area contributed by atoms with Crippen LogP contribution in [0, 0.1) is 12.7 Å². The first-order valence-corrected chi connectivity index (χ1v) is 12.0. The highest BCUT2D eigenvalue weighted by atomic mass is 32.1. The Morgan fingerprint density at radius 2 is 2.00 bits per heavy atom. The SMILES string of the molecule is Cc1cc(N2CCN(CCn3c(=O)sc4c3nc(N)n3nc(-c5ccco5)nc43)CC2)c(F)cn1. The van der Waals surface area contributed by atoms with Gasteiger partial charge < -0.3 is 15.1 Å². The van der Waals surface area contributed by atoms with Gasteiger partial charge in [0, 0.05) is 45.0 Å². The maximum Gasteiger partial charge on any atom is 0.309 e. The lowest BCUT2D eigenvalue weighted by Crippen LogP contribution is -2.47. The predicted molar refractivity (Wildman–Crippen MR) is 130 cm³/mol. The van der Waals surface area contributed by atoms with Crippen molar-refractivity contribution in [3.05, 3.63) is 51.8 Å². The molecular weight excluding hydrogens is 473 g/mol. The second-order valence-electron chi connectivity index (χ2n) is 8.40. The summed E-state index contributed by atoms with van der Waals surface area (Å²) in [5, 5.41) is 4.38. The Kier molecular flexibility index (Phi) is 5.22. The monoisotopic (exact) mass is 495 g/mol. The van der Waals surface area contributed by atoms with Gasteiger partial charge in [-0.1, -0.05) is 11.3 Å². The average molecular weight is 496 g/mol. The fourth-order valence-electron chi connectivity index (χ4n) is 4.36. The molecule has 0 atom stereocenters. The van der Waals surface area contributed by atoms with E-state index in [0.717, 1.165) is 30.1 Å². The number of aryl methyl sites for hydroxylation is 1. The normalized spacial score (nSPS) is 15.0. The van der Waals surface area contributed by atoms with Crippen LogP contribution in [0.4, 0.5) is 16.0 Å². The highest BCUT2D eigenvalue weighted by molar-refractivity contribution is 7.17. The first-order valence-electron chi connectivity index (χ1n) is 11.2. The minimum absolute atomic E-state index is 0.129. The van der Waals surface area contributed by atoms with Gasteiger partial charge in [-0.05, 0) is 25.1 Å². The molecule has 0 radical (unpaired) electrons. The van der Waals surface area contributed by atoms with E-state index in [1.54, 1.807) is 29.0 Å². The van der Waals surface area contributed by atoms with Crippen LogP contribution in [-0.2, 0) is 6.54 Å². The van der Waals surface area contributed by atoms with Crippen molar-refractivity contribution in [2.45, 2.75) is 13.5 Å². The van der Waals surface area contributed by atoms with Gasteiger partial charge in [-0.15, -0.1) is 5.10 Å². The maximum atomic E-state index is 14.2. The molecule has 6 rings (SSSR count). The zero-order valence-electron chi connectivity index (χ0n) is 18.9. The molecule has 0 unspecified atom stereocenters. The van der Waals surface area contributed by atoms with Crippen molar-refractivity contribution in [3.63, 3.8) is 0 Å². The summed E-state index contributed by atoms with van der Waals surface area (Å²) in [6.07, 6.45) is 2.81. The number of piperazine rings is 1. The summed E-state index contributed by atoms with van der Waals surface area (Å²) in [5.41, 5.74) is 8.50. The molecule has 0 amide bonds. The fraction of sp³-hybridized carbons (Fsp3) is 0.318. The Hall–Kier alpha value is -3.84. The zero-order chi connectivity index (χ0) is 24.1. The molecule has 2 N–H and O–H groups in total. The quantitative estimate of drug-likeness (QED) is 0.390. The van der Waals surface area contributed by atoms with Crippen LogP contribution in [-0.4, -0.2) is 66.8 Å². The lowest BCUT2D eigenvalue weighted by atomic mass is 10.2. The third kappa shape index (κ3) is 3.82. The summed E-state index contributed by atoms with van der Waals surface area (Å²) in [6, 6.07) is 5.29. The van der Waals surface area contributed by atoms with Crippen LogP contribution in [0.5, 0.6) is 0 Å². The number of furan rings is 1. The molecule has 0 aromatic carbocycles. The van der Waals surface area contributed by atoms with Gasteiger partial charge in [0.2, 0.25) is 11.8 Å². The number of hydrogen-bond donors (Lipinski definition) is 1. The van der Waals surface area contributed by atoms with E-state index in [1.807, 2.05) is 11.8 Å². The Bertz CT molecular complexity index is 1580. The summed E-state index contributed by atoms with van der Waals surface area (Å²) in [7, 11) is 0. The van der Waals surface area contributed by atoms with E-state index in [-0.39, 0.29) is 16.6 Å². The van der Waals surface area contributed by atoms with Crippen molar-refractivity contribution in [2.75, 3.05) is 43.4 Å². The van der Waals surface area contributed by atoms with Gasteiger partial charge >= 0.3 is 4.87 Å². The topological polar surface area (TPSA) is 124 Å². The number of hydrogen-bond acceptors (Lipinski definition) is 10. The molecule has 1 aliphatic rings. The van der Waals surface area contributed by atoms with Gasteiger partial charge in [-0.3, -0.25) is 19.2 Å². The third-order valence-electron chi connectivity index (χ3n) is 6.18. The lowest BCUT2D eigenvalue weighted by molar-refractivity contribution is 0.248. The zero-order valence-corrected chi connectivity index (χ0v) is 19.7. The number of nitrogen functional groups attached to an aromatic ring is 1. The summed E-state index contributed by atoms with van der Waals surface area (Å²) in [6.45, 7) is 5.88. The number of anilines is 2. The predicted octanol–water partition coefficient (Wildman–Crippen LogP) is 2.01. The second-order valence-corrected chi connectivity index (χ2v) is 9.36. The van der Waals surface area contributed by atoms with E-state index < -0.39 is 0 Å². The Labute approximate surface area is 202 Å². The summed E-state index contributed by atoms with van der Waals surface area (Å²) in [4.78, 5) is 30.0. The Balaban J connectivity index is 1.21. The minimum atomic E-state index is -0.306. The molecule has 1 aliphatic heterocycles. The van der Waals surface area contributed by atoms with Gasteiger partial charge in [0.15, 0.2) is 22.9 Å². The highest BCUT2D eigenvalue weighted by Gasteiger charge is 2.22. The molecule has 0 saturated carbocycles. The van der Waals surface area contributed by atoms with Gasteiger partial charge in [-0.25, -0.2) is 9.37 Å². The largest absolute Gasteiger partial charge is 0.461 e. The number of nitrogens with two attached hydrogens (primary N) is 1.